The molecule has 2 rings (SSSR count). The van der Waals surface area contributed by atoms with Gasteiger partial charge in [0.15, 0.2) is 0 Å². The Labute approximate surface area is 176 Å². The van der Waals surface area contributed by atoms with E-state index in [9.17, 15) is 13.2 Å². The number of benzene rings is 2. The number of carbonyl (C=O) groups excluding carboxylic acids is 1. The highest BCUT2D eigenvalue weighted by molar-refractivity contribution is 9.10. The fourth-order valence-corrected chi connectivity index (χ4v) is 4.08. The number of amides is 1. The number of carbonyl (C=O) groups is 1. The van der Waals surface area contributed by atoms with E-state index in [2.05, 4.69) is 35.1 Å². The number of hydrogen-bond acceptors (Lipinski definition) is 3. The third kappa shape index (κ3) is 6.34. The van der Waals surface area contributed by atoms with Gasteiger partial charge in [-0.25, -0.2) is 8.42 Å². The van der Waals surface area contributed by atoms with Crippen molar-refractivity contribution in [3.05, 3.63) is 64.1 Å². The van der Waals surface area contributed by atoms with Crippen molar-refractivity contribution in [2.24, 2.45) is 5.92 Å². The second kappa shape index (κ2) is 9.56. The Hall–Kier alpha value is -1.86. The number of halogens is 1. The van der Waals surface area contributed by atoms with Crippen molar-refractivity contribution in [3.8, 4) is 0 Å². The van der Waals surface area contributed by atoms with E-state index >= 15 is 0 Å². The number of rotatable bonds is 8. The van der Waals surface area contributed by atoms with Crippen molar-refractivity contribution in [1.82, 2.24) is 5.32 Å². The highest BCUT2D eigenvalue weighted by Crippen LogP contribution is 2.25. The quantitative estimate of drug-likeness (QED) is 0.625. The van der Waals surface area contributed by atoms with Crippen LogP contribution in [0.3, 0.4) is 0 Å². The molecular formula is C21H27BrN2O3S. The predicted octanol–water partition coefficient (Wildman–Crippen LogP) is 4.43. The topological polar surface area (TPSA) is 66.5 Å². The van der Waals surface area contributed by atoms with Gasteiger partial charge in [-0.3, -0.25) is 9.10 Å². The Balaban J connectivity index is 2.23. The van der Waals surface area contributed by atoms with E-state index in [1.54, 1.807) is 18.2 Å². The molecule has 1 amide bonds. The van der Waals surface area contributed by atoms with Crippen LogP contribution in [0.4, 0.5) is 5.69 Å². The third-order valence-electron chi connectivity index (χ3n) is 4.36. The van der Waals surface area contributed by atoms with Gasteiger partial charge in [0.1, 0.15) is 6.54 Å². The minimum atomic E-state index is -3.61. The summed E-state index contributed by atoms with van der Waals surface area (Å²) in [7, 11) is -3.61. The number of anilines is 1. The van der Waals surface area contributed by atoms with Gasteiger partial charge < -0.3 is 5.32 Å². The number of sulfonamides is 1. The van der Waals surface area contributed by atoms with Gasteiger partial charge in [-0.1, -0.05) is 60.1 Å². The molecule has 2 aromatic carbocycles. The molecule has 7 heteroatoms. The van der Waals surface area contributed by atoms with E-state index in [4.69, 9.17) is 0 Å². The number of aryl methyl sites for hydroxylation is 1. The first kappa shape index (κ1) is 22.4. The molecule has 0 spiro atoms. The van der Waals surface area contributed by atoms with Crippen LogP contribution in [0.15, 0.2) is 53.0 Å². The number of hydrogen-bond donors (Lipinski definition) is 1. The van der Waals surface area contributed by atoms with Crippen LogP contribution in [0.5, 0.6) is 0 Å². The normalized spacial score (nSPS) is 12.6. The highest BCUT2D eigenvalue weighted by Gasteiger charge is 2.23. The van der Waals surface area contributed by atoms with Crippen LogP contribution in [0.2, 0.25) is 0 Å². The summed E-state index contributed by atoms with van der Waals surface area (Å²) in [5.74, 6) is 0.0474. The molecule has 0 heterocycles. The molecule has 0 radical (unpaired) electrons. The molecule has 152 valence electrons. The second-order valence-corrected chi connectivity index (χ2v) is 10.1. The fourth-order valence-electron chi connectivity index (χ4n) is 2.99. The van der Waals surface area contributed by atoms with Gasteiger partial charge in [-0.05, 0) is 48.6 Å². The smallest absolute Gasteiger partial charge is 0.241 e. The summed E-state index contributed by atoms with van der Waals surface area (Å²) in [6, 6.07) is 14.8. The number of nitrogens with one attached hydrogen (secondary N) is 1. The van der Waals surface area contributed by atoms with E-state index in [0.717, 1.165) is 32.6 Å². The minimum Gasteiger partial charge on any atom is -0.348 e. The Morgan fingerprint density at radius 1 is 1.14 bits per heavy atom. The zero-order chi connectivity index (χ0) is 20.9. The standard InChI is InChI=1S/C21H27BrN2O3S/c1-15(2)12-20(17-8-6-5-7-9-17)23-21(25)14-24(28(4,26)27)18-10-11-19(22)16(3)13-18/h5-11,13,15,20H,12,14H2,1-4H3,(H,23,25)/t20-/m0/s1. The van der Waals surface area contributed by atoms with Gasteiger partial charge >= 0.3 is 0 Å². The van der Waals surface area contributed by atoms with Crippen molar-refractivity contribution in [2.45, 2.75) is 33.2 Å². The maximum absolute atomic E-state index is 12.8. The molecule has 0 aliphatic rings. The van der Waals surface area contributed by atoms with Gasteiger partial charge in [0.2, 0.25) is 15.9 Å². The average Bonchev–Trinajstić information content (AvgIpc) is 2.61. The van der Waals surface area contributed by atoms with E-state index in [1.807, 2.05) is 37.3 Å². The summed E-state index contributed by atoms with van der Waals surface area (Å²) in [4.78, 5) is 12.8. The minimum absolute atomic E-state index is 0.165. The molecule has 5 nitrogen and oxygen atoms in total. The molecule has 0 saturated heterocycles. The van der Waals surface area contributed by atoms with Crippen molar-refractivity contribution >= 4 is 37.5 Å². The first-order chi connectivity index (χ1) is 13.1. The molecule has 0 fully saturated rings. The maximum Gasteiger partial charge on any atom is 0.241 e. The van der Waals surface area contributed by atoms with Gasteiger partial charge in [-0.2, -0.15) is 0 Å². The fraction of sp³-hybridized carbons (Fsp3) is 0.381. The Kier molecular flexibility index (Phi) is 7.66. The van der Waals surface area contributed by atoms with Crippen LogP contribution in [0.25, 0.3) is 0 Å². The average molecular weight is 467 g/mol. The molecule has 0 bridgehead atoms. The molecule has 1 N–H and O–H groups in total. The first-order valence-corrected chi connectivity index (χ1v) is 11.8. The van der Waals surface area contributed by atoms with E-state index in [0.29, 0.717) is 11.6 Å². The number of nitrogens with zero attached hydrogens (tertiary/aromatic N) is 1. The van der Waals surface area contributed by atoms with E-state index in [1.165, 1.54) is 0 Å². The molecule has 0 aromatic heterocycles. The van der Waals surface area contributed by atoms with Crippen LogP contribution in [-0.2, 0) is 14.8 Å². The summed E-state index contributed by atoms with van der Waals surface area (Å²) in [5, 5.41) is 3.01. The highest BCUT2D eigenvalue weighted by atomic mass is 79.9. The Morgan fingerprint density at radius 3 is 2.32 bits per heavy atom. The maximum atomic E-state index is 12.8. The van der Waals surface area contributed by atoms with Crippen molar-refractivity contribution in [3.63, 3.8) is 0 Å². The van der Waals surface area contributed by atoms with E-state index < -0.39 is 10.0 Å². The lowest BCUT2D eigenvalue weighted by Crippen LogP contribution is -2.41. The largest absolute Gasteiger partial charge is 0.348 e. The van der Waals surface area contributed by atoms with E-state index in [-0.39, 0.29) is 18.5 Å². The van der Waals surface area contributed by atoms with Crippen LogP contribution < -0.4 is 9.62 Å². The van der Waals surface area contributed by atoms with Gasteiger partial charge in [0.25, 0.3) is 0 Å². The summed E-state index contributed by atoms with van der Waals surface area (Å²) in [6.07, 6.45) is 1.88. The van der Waals surface area contributed by atoms with Crippen molar-refractivity contribution < 1.29 is 13.2 Å². The summed E-state index contributed by atoms with van der Waals surface area (Å²) < 4.78 is 26.7. The molecule has 0 saturated carbocycles. The zero-order valence-electron chi connectivity index (χ0n) is 16.6. The lowest BCUT2D eigenvalue weighted by atomic mass is 9.97. The molecule has 1 atom stereocenters. The van der Waals surface area contributed by atoms with Crippen molar-refractivity contribution in [2.75, 3.05) is 17.1 Å². The SMILES string of the molecule is Cc1cc(N(CC(=O)N[C@@H](CC(C)C)c2ccccc2)S(C)(=O)=O)ccc1Br. The molecule has 28 heavy (non-hydrogen) atoms. The van der Waals surface area contributed by atoms with Crippen LogP contribution in [0.1, 0.15) is 37.4 Å². The lowest BCUT2D eigenvalue weighted by molar-refractivity contribution is -0.120. The Morgan fingerprint density at radius 2 is 1.79 bits per heavy atom. The summed E-state index contributed by atoms with van der Waals surface area (Å²) in [5.41, 5.74) is 2.38. The monoisotopic (exact) mass is 466 g/mol. The molecule has 0 unspecified atom stereocenters. The third-order valence-corrected chi connectivity index (χ3v) is 6.39. The molecule has 2 aromatic rings. The zero-order valence-corrected chi connectivity index (χ0v) is 19.0. The molecule has 0 aliphatic carbocycles. The van der Waals surface area contributed by atoms with Gasteiger partial charge in [-0.15, -0.1) is 0 Å². The lowest BCUT2D eigenvalue weighted by Gasteiger charge is -2.25. The summed E-state index contributed by atoms with van der Waals surface area (Å²) >= 11 is 3.41. The second-order valence-electron chi connectivity index (χ2n) is 7.36. The summed E-state index contributed by atoms with van der Waals surface area (Å²) in [6.45, 7) is 5.80. The Bertz CT molecular complexity index is 915. The molecule has 0 aliphatic heterocycles. The van der Waals surface area contributed by atoms with Crippen LogP contribution in [0, 0.1) is 12.8 Å². The molecular weight excluding hydrogens is 440 g/mol. The van der Waals surface area contributed by atoms with Crippen LogP contribution >= 0.6 is 15.9 Å². The first-order valence-electron chi connectivity index (χ1n) is 9.16. The predicted molar refractivity (Wildman–Crippen MR) is 118 cm³/mol. The van der Waals surface area contributed by atoms with Crippen molar-refractivity contribution in [1.29, 1.82) is 0 Å². The van der Waals surface area contributed by atoms with Crippen LogP contribution in [-0.4, -0.2) is 27.1 Å². The van der Waals surface area contributed by atoms with Gasteiger partial charge in [0.05, 0.1) is 18.0 Å². The van der Waals surface area contributed by atoms with Gasteiger partial charge in [0, 0.05) is 4.47 Å².